The number of rotatable bonds is 10. The summed E-state index contributed by atoms with van der Waals surface area (Å²) < 4.78 is 11.3. The summed E-state index contributed by atoms with van der Waals surface area (Å²) in [4.78, 5) is 22.9. The van der Waals surface area contributed by atoms with Crippen molar-refractivity contribution in [3.63, 3.8) is 0 Å². The number of carbonyl (C=O) groups excluding carboxylic acids is 2. The Kier molecular flexibility index (Phi) is 7.98. The lowest BCUT2D eigenvalue weighted by Crippen LogP contribution is -2.38. The van der Waals surface area contributed by atoms with E-state index in [2.05, 4.69) is 6.58 Å². The number of carbonyl (C=O) groups is 2. The van der Waals surface area contributed by atoms with Gasteiger partial charge in [-0.05, 0) is 45.4 Å². The van der Waals surface area contributed by atoms with Crippen LogP contribution in [0.25, 0.3) is 0 Å². The second-order valence-corrected chi connectivity index (χ2v) is 7.73. The van der Waals surface area contributed by atoms with Gasteiger partial charge in [0.2, 0.25) is 11.6 Å². The largest absolute Gasteiger partial charge is 0.395 e. The van der Waals surface area contributed by atoms with Gasteiger partial charge in [0.05, 0.1) is 0 Å². The second kappa shape index (κ2) is 8.34. The third kappa shape index (κ3) is 6.23. The van der Waals surface area contributed by atoms with E-state index in [-0.39, 0.29) is 12.2 Å². The van der Waals surface area contributed by atoms with Gasteiger partial charge in [0, 0.05) is 19.6 Å². The van der Waals surface area contributed by atoms with E-state index < -0.39 is 14.3 Å². The third-order valence-electron chi connectivity index (χ3n) is 2.57. The number of hydrogen-bond donors (Lipinski definition) is 0. The Labute approximate surface area is 111 Å². The fraction of sp³-hybridized carbons (Fsp3) is 0.692. The Morgan fingerprint density at radius 2 is 1.67 bits per heavy atom. The minimum atomic E-state index is -2.16. The lowest BCUT2D eigenvalue weighted by Gasteiger charge is -2.25. The van der Waals surface area contributed by atoms with Gasteiger partial charge in [0.25, 0.3) is 0 Å². The topological polar surface area (TPSA) is 52.6 Å². The first-order valence-corrected chi connectivity index (χ1v) is 8.89. The molecule has 0 saturated carbocycles. The highest BCUT2D eigenvalue weighted by Gasteiger charge is 2.30. The lowest BCUT2D eigenvalue weighted by molar-refractivity contribution is -0.134. The zero-order valence-corrected chi connectivity index (χ0v) is 12.9. The maximum atomic E-state index is 11.5. The van der Waals surface area contributed by atoms with Gasteiger partial charge in [-0.15, -0.1) is 0 Å². The first kappa shape index (κ1) is 17.2. The van der Waals surface area contributed by atoms with Gasteiger partial charge in [0.15, 0.2) is 0 Å². The van der Waals surface area contributed by atoms with E-state index in [0.717, 1.165) is 6.04 Å². The van der Waals surface area contributed by atoms with E-state index in [1.807, 2.05) is 20.4 Å². The molecule has 0 N–H and O–H groups in total. The van der Waals surface area contributed by atoms with Gasteiger partial charge in [-0.3, -0.25) is 9.59 Å². The molecule has 0 radical (unpaired) electrons. The lowest BCUT2D eigenvalue weighted by atomic mass is 10.1. The van der Waals surface area contributed by atoms with Crippen LogP contribution in [0.15, 0.2) is 12.2 Å². The van der Waals surface area contributed by atoms with Crippen LogP contribution in [0, 0.1) is 0 Å². The molecule has 0 bridgehead atoms. The molecule has 104 valence electrons. The summed E-state index contributed by atoms with van der Waals surface area (Å²) in [5.74, 6) is -0.835. The van der Waals surface area contributed by atoms with E-state index in [1.54, 1.807) is 6.92 Å². The molecule has 0 rings (SSSR count). The first-order chi connectivity index (χ1) is 8.36. The van der Waals surface area contributed by atoms with E-state index in [0.29, 0.717) is 25.2 Å². The highest BCUT2D eigenvalue weighted by Crippen LogP contribution is 2.17. The molecular weight excluding hydrogens is 248 g/mol. The van der Waals surface area contributed by atoms with E-state index in [1.165, 1.54) is 0 Å². The van der Waals surface area contributed by atoms with Crippen molar-refractivity contribution in [2.75, 3.05) is 13.2 Å². The monoisotopic (exact) mass is 272 g/mol. The number of ketones is 2. The molecule has 0 aromatic carbocycles. The van der Waals surface area contributed by atoms with E-state index in [4.69, 9.17) is 8.85 Å². The molecule has 0 amide bonds. The molecule has 0 saturated heterocycles. The van der Waals surface area contributed by atoms with Gasteiger partial charge >= 0.3 is 8.56 Å². The summed E-state index contributed by atoms with van der Waals surface area (Å²) in [6.45, 7) is 12.1. The van der Waals surface area contributed by atoms with Gasteiger partial charge < -0.3 is 8.85 Å². The summed E-state index contributed by atoms with van der Waals surface area (Å²) in [6, 6.07) is 0.726. The molecule has 0 unspecified atom stereocenters. The van der Waals surface area contributed by atoms with Gasteiger partial charge in [0.1, 0.15) is 0 Å². The van der Waals surface area contributed by atoms with E-state index >= 15 is 0 Å². The number of allylic oxidation sites excluding steroid dienone is 1. The Balaban J connectivity index is 4.18. The molecule has 0 aliphatic rings. The number of Topliss-reactive ketones (excluding diaryl/α,β-unsaturated/α-hetero) is 2. The van der Waals surface area contributed by atoms with Crippen LogP contribution in [0.2, 0.25) is 12.6 Å². The molecule has 18 heavy (non-hydrogen) atoms. The summed E-state index contributed by atoms with van der Waals surface area (Å²) in [5, 5.41) is 0. The highest BCUT2D eigenvalue weighted by atomic mass is 28.4. The Hall–Kier alpha value is -0.783. The van der Waals surface area contributed by atoms with Crippen LogP contribution in [0.1, 0.15) is 33.6 Å². The molecule has 0 aliphatic carbocycles. The SMILES string of the molecule is C=C(C)C(=O)C(=O)CCC[Si](C)(OCC)OCC. The predicted octanol–water partition coefficient (Wildman–Crippen LogP) is 2.63. The average molecular weight is 272 g/mol. The zero-order valence-electron chi connectivity index (χ0n) is 11.9. The standard InChI is InChI=1S/C13H24O4Si/c1-6-16-18(5,17-7-2)10-8-9-12(14)13(15)11(3)4/h3,6-10H2,1-2,4-5H3. The van der Waals surface area contributed by atoms with Crippen molar-refractivity contribution in [1.29, 1.82) is 0 Å². The average Bonchev–Trinajstić information content (AvgIpc) is 2.28. The smallest absolute Gasteiger partial charge is 0.334 e. The third-order valence-corrected chi connectivity index (χ3v) is 5.64. The Morgan fingerprint density at radius 3 is 2.06 bits per heavy atom. The minimum absolute atomic E-state index is 0.244. The summed E-state index contributed by atoms with van der Waals surface area (Å²) in [6.07, 6.45) is 0.870. The molecule has 0 aromatic rings. The minimum Gasteiger partial charge on any atom is -0.395 e. The molecule has 0 heterocycles. The fourth-order valence-electron chi connectivity index (χ4n) is 1.72. The van der Waals surface area contributed by atoms with E-state index in [9.17, 15) is 9.59 Å². The van der Waals surface area contributed by atoms with Crippen LogP contribution in [-0.4, -0.2) is 33.3 Å². The summed E-state index contributed by atoms with van der Waals surface area (Å²) in [7, 11) is -2.16. The molecular formula is C13H24O4Si. The van der Waals surface area contributed by atoms with Crippen LogP contribution in [0.3, 0.4) is 0 Å². The van der Waals surface area contributed by atoms with Crippen LogP contribution in [0.5, 0.6) is 0 Å². The van der Waals surface area contributed by atoms with Crippen molar-refractivity contribution in [1.82, 2.24) is 0 Å². The first-order valence-electron chi connectivity index (χ1n) is 6.37. The van der Waals surface area contributed by atoms with Crippen molar-refractivity contribution in [2.45, 2.75) is 46.2 Å². The van der Waals surface area contributed by atoms with Gasteiger partial charge in [-0.25, -0.2) is 0 Å². The van der Waals surface area contributed by atoms with Crippen molar-refractivity contribution < 1.29 is 18.4 Å². The van der Waals surface area contributed by atoms with Crippen molar-refractivity contribution in [2.24, 2.45) is 0 Å². The molecule has 4 nitrogen and oxygen atoms in total. The molecule has 0 aliphatic heterocycles. The van der Waals surface area contributed by atoms with Gasteiger partial charge in [-0.2, -0.15) is 0 Å². The quantitative estimate of drug-likeness (QED) is 0.348. The molecule has 0 atom stereocenters. The Morgan fingerprint density at radius 1 is 1.17 bits per heavy atom. The molecule has 0 spiro atoms. The fourth-order valence-corrected chi connectivity index (χ4v) is 4.13. The summed E-state index contributed by atoms with van der Waals surface area (Å²) in [5.41, 5.74) is 0.301. The zero-order chi connectivity index (χ0) is 14.2. The van der Waals surface area contributed by atoms with Crippen LogP contribution in [-0.2, 0) is 18.4 Å². The van der Waals surface area contributed by atoms with Crippen LogP contribution < -0.4 is 0 Å². The molecule has 0 fully saturated rings. The van der Waals surface area contributed by atoms with Crippen LogP contribution in [0.4, 0.5) is 0 Å². The normalized spacial score (nSPS) is 11.3. The molecule has 0 aromatic heterocycles. The number of hydrogen-bond acceptors (Lipinski definition) is 4. The maximum absolute atomic E-state index is 11.5. The van der Waals surface area contributed by atoms with Crippen LogP contribution >= 0.6 is 0 Å². The second-order valence-electron chi connectivity index (χ2n) is 4.39. The highest BCUT2D eigenvalue weighted by molar-refractivity contribution is 6.66. The van der Waals surface area contributed by atoms with Crippen molar-refractivity contribution in [3.05, 3.63) is 12.2 Å². The predicted molar refractivity (Wildman–Crippen MR) is 73.7 cm³/mol. The summed E-state index contributed by atoms with van der Waals surface area (Å²) >= 11 is 0. The van der Waals surface area contributed by atoms with Crippen molar-refractivity contribution in [3.8, 4) is 0 Å². The van der Waals surface area contributed by atoms with Crippen molar-refractivity contribution >= 4 is 20.1 Å². The molecule has 5 heteroatoms. The van der Waals surface area contributed by atoms with Gasteiger partial charge in [-0.1, -0.05) is 6.58 Å². The Bertz CT molecular complexity index is 306. The maximum Gasteiger partial charge on any atom is 0.334 e.